The van der Waals surface area contributed by atoms with E-state index in [0.717, 1.165) is 27.9 Å². The minimum absolute atomic E-state index is 0.828. The van der Waals surface area contributed by atoms with Crippen molar-refractivity contribution in [2.45, 2.75) is 0 Å². The molecule has 0 spiro atoms. The summed E-state index contributed by atoms with van der Waals surface area (Å²) in [4.78, 5) is 0. The molecule has 2 N–H and O–H groups in total. The third-order valence-corrected chi connectivity index (χ3v) is 4.18. The maximum absolute atomic E-state index is 4.26. The molecule has 1 heterocycles. The summed E-state index contributed by atoms with van der Waals surface area (Å²) < 4.78 is 1.94. The summed E-state index contributed by atoms with van der Waals surface area (Å²) in [5.41, 5.74) is 3.98. The molecule has 3 aromatic rings. The lowest BCUT2D eigenvalue weighted by atomic mass is 10.2. The highest BCUT2D eigenvalue weighted by Gasteiger charge is 2.06. The average molecular weight is 324 g/mol. The zero-order chi connectivity index (χ0) is 16.1. The first kappa shape index (κ1) is 15.2. The van der Waals surface area contributed by atoms with Crippen LogP contribution in [0, 0.1) is 0 Å². The second kappa shape index (κ2) is 7.02. The molecule has 0 saturated carbocycles. The van der Waals surface area contributed by atoms with Gasteiger partial charge in [0, 0.05) is 29.5 Å². The highest BCUT2D eigenvalue weighted by Crippen LogP contribution is 2.23. The molecule has 0 amide bonds. The lowest BCUT2D eigenvalue weighted by Crippen LogP contribution is -2.23. The molecule has 0 aliphatic heterocycles. The number of thiazole rings is 1. The summed E-state index contributed by atoms with van der Waals surface area (Å²) in [5.74, 6) is 0. The van der Waals surface area contributed by atoms with E-state index in [-0.39, 0.29) is 0 Å². The van der Waals surface area contributed by atoms with E-state index in [2.05, 4.69) is 20.9 Å². The molecule has 2 aromatic carbocycles. The summed E-state index contributed by atoms with van der Waals surface area (Å²) in [6.07, 6.45) is 1.96. The van der Waals surface area contributed by atoms with Crippen LogP contribution in [0.2, 0.25) is 0 Å². The third-order valence-electron chi connectivity index (χ3n) is 3.34. The molecule has 0 unspecified atom stereocenters. The number of benzene rings is 2. The van der Waals surface area contributed by atoms with Gasteiger partial charge < -0.3 is 10.6 Å². The van der Waals surface area contributed by atoms with Crippen molar-refractivity contribution in [3.63, 3.8) is 0 Å². The number of azo groups is 1. The van der Waals surface area contributed by atoms with Gasteiger partial charge in [0.25, 0.3) is 0 Å². The Labute approximate surface area is 139 Å². The molecule has 3 rings (SSSR count). The highest BCUT2D eigenvalue weighted by atomic mass is 32.1. The van der Waals surface area contributed by atoms with Crippen LogP contribution >= 0.6 is 11.3 Å². The van der Waals surface area contributed by atoms with Gasteiger partial charge in [0.15, 0.2) is 0 Å². The lowest BCUT2D eigenvalue weighted by molar-refractivity contribution is -0.654. The Balaban J connectivity index is 1.66. The van der Waals surface area contributed by atoms with Crippen LogP contribution in [0.4, 0.5) is 27.9 Å². The van der Waals surface area contributed by atoms with Gasteiger partial charge in [-0.05, 0) is 65.0 Å². The Morgan fingerprint density at radius 2 is 1.48 bits per heavy atom. The van der Waals surface area contributed by atoms with E-state index in [1.807, 2.05) is 78.8 Å². The van der Waals surface area contributed by atoms with E-state index in [1.54, 1.807) is 11.3 Å². The Morgan fingerprint density at radius 1 is 0.870 bits per heavy atom. The first-order valence-electron chi connectivity index (χ1n) is 7.24. The Hall–Kier alpha value is -2.73. The highest BCUT2D eigenvalue weighted by molar-refractivity contribution is 7.12. The number of rotatable bonds is 5. The van der Waals surface area contributed by atoms with Crippen LogP contribution in [-0.2, 0) is 7.05 Å². The van der Waals surface area contributed by atoms with Crippen molar-refractivity contribution < 1.29 is 4.57 Å². The van der Waals surface area contributed by atoms with E-state index in [9.17, 15) is 0 Å². The maximum Gasteiger partial charge on any atom is 0.408 e. The van der Waals surface area contributed by atoms with E-state index in [4.69, 9.17) is 0 Å². The van der Waals surface area contributed by atoms with Gasteiger partial charge in [-0.15, -0.1) is 0 Å². The molecule has 0 bridgehead atoms. The summed E-state index contributed by atoms with van der Waals surface area (Å²) in [6, 6.07) is 16.0. The first-order valence-corrected chi connectivity index (χ1v) is 8.12. The molecular formula is C17H18N5S+. The lowest BCUT2D eigenvalue weighted by Gasteiger charge is -2.07. The van der Waals surface area contributed by atoms with E-state index in [0.29, 0.717) is 0 Å². The molecule has 1 aromatic heterocycles. The first-order chi connectivity index (χ1) is 11.2. The van der Waals surface area contributed by atoms with Gasteiger partial charge in [-0.25, -0.2) is 4.57 Å². The largest absolute Gasteiger partial charge is 0.408 e. The van der Waals surface area contributed by atoms with Crippen molar-refractivity contribution in [2.24, 2.45) is 17.3 Å². The fourth-order valence-electron chi connectivity index (χ4n) is 2.02. The van der Waals surface area contributed by atoms with E-state index >= 15 is 0 Å². The van der Waals surface area contributed by atoms with Gasteiger partial charge in [0.1, 0.15) is 11.9 Å². The predicted octanol–water partition coefficient (Wildman–Crippen LogP) is 4.77. The maximum atomic E-state index is 4.26. The molecule has 0 fully saturated rings. The van der Waals surface area contributed by atoms with Crippen molar-refractivity contribution in [2.75, 3.05) is 17.7 Å². The van der Waals surface area contributed by atoms with Crippen LogP contribution in [0.5, 0.6) is 0 Å². The summed E-state index contributed by atoms with van der Waals surface area (Å²) in [7, 11) is 3.86. The number of hydrogen-bond donors (Lipinski definition) is 2. The molecule has 0 saturated heterocycles. The average Bonchev–Trinajstić information content (AvgIpc) is 3.00. The minimum Gasteiger partial charge on any atom is -0.388 e. The quantitative estimate of drug-likeness (QED) is 0.524. The van der Waals surface area contributed by atoms with Crippen molar-refractivity contribution in [1.29, 1.82) is 0 Å². The molecule has 0 aliphatic carbocycles. The topological polar surface area (TPSA) is 52.7 Å². The van der Waals surface area contributed by atoms with Gasteiger partial charge >= 0.3 is 5.13 Å². The molecule has 116 valence electrons. The van der Waals surface area contributed by atoms with Gasteiger partial charge in [0.2, 0.25) is 0 Å². The number of nitrogens with one attached hydrogen (secondary N) is 2. The Kier molecular flexibility index (Phi) is 4.63. The standard InChI is InChI=1S/C17H17N5S/c1-18-13-3-5-14(6-4-13)19-15-7-9-16(10-8-15)20-21-17-22(2)11-12-23-17/h3-12H,1-2H3,(H,18,20)/p+1. The molecular weight excluding hydrogens is 306 g/mol. The van der Waals surface area contributed by atoms with Gasteiger partial charge in [-0.2, -0.15) is 0 Å². The van der Waals surface area contributed by atoms with Crippen molar-refractivity contribution in [1.82, 2.24) is 0 Å². The third kappa shape index (κ3) is 3.92. The minimum atomic E-state index is 0.828. The van der Waals surface area contributed by atoms with Crippen LogP contribution in [0.25, 0.3) is 0 Å². The van der Waals surface area contributed by atoms with Crippen LogP contribution in [0.1, 0.15) is 0 Å². The molecule has 23 heavy (non-hydrogen) atoms. The summed E-state index contributed by atoms with van der Waals surface area (Å²) in [5, 5.41) is 17.8. The van der Waals surface area contributed by atoms with Crippen molar-refractivity contribution >= 4 is 39.2 Å². The normalized spacial score (nSPS) is 10.9. The van der Waals surface area contributed by atoms with Gasteiger partial charge in [0.05, 0.1) is 12.2 Å². The predicted molar refractivity (Wildman–Crippen MR) is 95.4 cm³/mol. The second-order valence-electron chi connectivity index (χ2n) is 5.00. The molecule has 5 nitrogen and oxygen atoms in total. The second-order valence-corrected chi connectivity index (χ2v) is 5.87. The Bertz CT molecular complexity index is 791. The number of aryl methyl sites for hydroxylation is 1. The SMILES string of the molecule is CNc1ccc(Nc2ccc(N=Nc3scc[n+]3C)cc2)cc1. The number of nitrogens with zero attached hydrogens (tertiary/aromatic N) is 3. The van der Waals surface area contributed by atoms with Crippen molar-refractivity contribution in [3.8, 4) is 0 Å². The van der Waals surface area contributed by atoms with Gasteiger partial charge in [-0.1, -0.05) is 0 Å². The Morgan fingerprint density at radius 3 is 2.04 bits per heavy atom. The van der Waals surface area contributed by atoms with Crippen LogP contribution < -0.4 is 15.2 Å². The van der Waals surface area contributed by atoms with E-state index < -0.39 is 0 Å². The van der Waals surface area contributed by atoms with Crippen molar-refractivity contribution in [3.05, 3.63) is 60.1 Å². The van der Waals surface area contributed by atoms with E-state index in [1.165, 1.54) is 0 Å². The number of hydrogen-bond acceptors (Lipinski definition) is 5. The molecule has 0 radical (unpaired) electrons. The summed E-state index contributed by atoms with van der Waals surface area (Å²) in [6.45, 7) is 0. The smallest absolute Gasteiger partial charge is 0.388 e. The van der Waals surface area contributed by atoms with Crippen LogP contribution in [0.15, 0.2) is 70.3 Å². The zero-order valence-corrected chi connectivity index (χ0v) is 13.8. The van der Waals surface area contributed by atoms with Crippen LogP contribution in [0.3, 0.4) is 0 Å². The molecule has 6 heteroatoms. The number of aromatic nitrogens is 1. The monoisotopic (exact) mass is 324 g/mol. The zero-order valence-electron chi connectivity index (χ0n) is 13.0. The summed E-state index contributed by atoms with van der Waals surface area (Å²) >= 11 is 1.56. The molecule has 0 aliphatic rings. The number of anilines is 3. The van der Waals surface area contributed by atoms with Gasteiger partial charge in [-0.3, -0.25) is 0 Å². The van der Waals surface area contributed by atoms with Crippen LogP contribution in [-0.4, -0.2) is 7.05 Å². The fraction of sp³-hybridized carbons (Fsp3) is 0.118. The molecule has 0 atom stereocenters. The fourth-order valence-corrected chi connectivity index (χ4v) is 2.70.